The lowest BCUT2D eigenvalue weighted by Crippen LogP contribution is -2.50. The van der Waals surface area contributed by atoms with Crippen LogP contribution in [0, 0.1) is 0 Å². The van der Waals surface area contributed by atoms with Crippen molar-refractivity contribution in [2.24, 2.45) is 0 Å². The lowest BCUT2D eigenvalue weighted by atomic mass is 10.1. The number of quaternary nitrogens is 1. The zero-order chi connectivity index (χ0) is 14.4. The fourth-order valence-corrected chi connectivity index (χ4v) is 2.89. The van der Waals surface area contributed by atoms with Crippen molar-refractivity contribution < 1.29 is 9.59 Å². The summed E-state index contributed by atoms with van der Waals surface area (Å²) in [6, 6.07) is 0. The summed E-state index contributed by atoms with van der Waals surface area (Å²) in [7, 11) is 0. The Labute approximate surface area is 121 Å². The van der Waals surface area contributed by atoms with Crippen LogP contribution < -0.4 is 0 Å². The molecule has 0 aromatic rings. The van der Waals surface area contributed by atoms with Crippen molar-refractivity contribution in [3.8, 4) is 0 Å². The van der Waals surface area contributed by atoms with Gasteiger partial charge in [-0.1, -0.05) is 40.0 Å². The molecule has 2 heteroatoms. The van der Waals surface area contributed by atoms with Crippen LogP contribution >= 0.6 is 0 Å². The van der Waals surface area contributed by atoms with Crippen LogP contribution in [0.15, 0.2) is 0 Å². The summed E-state index contributed by atoms with van der Waals surface area (Å²) in [6.45, 7) is 12.7. The molecule has 0 saturated carbocycles. The quantitative estimate of drug-likeness (QED) is 0.368. The molecule has 0 atom stereocenters. The Balaban J connectivity index is 4.38. The molecule has 0 saturated heterocycles. The molecular formula is C17H38NO+. The number of aliphatic hydroxyl groups is 1. The highest BCUT2D eigenvalue weighted by Gasteiger charge is 2.24. The van der Waals surface area contributed by atoms with Crippen LogP contribution in [0.25, 0.3) is 0 Å². The monoisotopic (exact) mass is 272 g/mol. The minimum absolute atomic E-state index is 0.360. The molecule has 0 aromatic heterocycles. The van der Waals surface area contributed by atoms with E-state index in [9.17, 15) is 0 Å². The van der Waals surface area contributed by atoms with Crippen LogP contribution in [-0.4, -0.2) is 42.4 Å². The molecule has 0 heterocycles. The molecule has 0 spiro atoms. The summed E-state index contributed by atoms with van der Waals surface area (Å²) < 4.78 is 1.35. The molecule has 19 heavy (non-hydrogen) atoms. The molecule has 116 valence electrons. The van der Waals surface area contributed by atoms with Crippen molar-refractivity contribution in [2.45, 2.75) is 78.6 Å². The summed E-state index contributed by atoms with van der Waals surface area (Å²) in [4.78, 5) is 0. The van der Waals surface area contributed by atoms with Gasteiger partial charge in [-0.15, -0.1) is 0 Å². The van der Waals surface area contributed by atoms with Crippen molar-refractivity contribution in [3.63, 3.8) is 0 Å². The smallest absolute Gasteiger partial charge is 0.0786 e. The summed E-state index contributed by atoms with van der Waals surface area (Å²) in [5, 5.41) is 8.91. The van der Waals surface area contributed by atoms with Crippen LogP contribution in [0.5, 0.6) is 0 Å². The molecule has 0 aliphatic heterocycles. The SMILES string of the molecule is CCCC[N+](CCCC)(CCCC)CCCCCO. The number of aliphatic hydroxyl groups excluding tert-OH is 1. The summed E-state index contributed by atoms with van der Waals surface area (Å²) in [5.74, 6) is 0. The second-order valence-electron chi connectivity index (χ2n) is 6.08. The molecule has 0 aliphatic rings. The van der Waals surface area contributed by atoms with Gasteiger partial charge in [-0.25, -0.2) is 0 Å². The van der Waals surface area contributed by atoms with Gasteiger partial charge in [0.05, 0.1) is 26.2 Å². The lowest BCUT2D eigenvalue weighted by molar-refractivity contribution is -0.929. The van der Waals surface area contributed by atoms with E-state index in [-0.39, 0.29) is 0 Å². The van der Waals surface area contributed by atoms with E-state index < -0.39 is 0 Å². The first-order valence-electron chi connectivity index (χ1n) is 8.70. The van der Waals surface area contributed by atoms with Crippen LogP contribution in [-0.2, 0) is 0 Å². The van der Waals surface area contributed by atoms with Gasteiger partial charge in [0.25, 0.3) is 0 Å². The third kappa shape index (κ3) is 9.45. The van der Waals surface area contributed by atoms with Crippen molar-refractivity contribution >= 4 is 0 Å². The summed E-state index contributed by atoms with van der Waals surface area (Å²) >= 11 is 0. The zero-order valence-corrected chi connectivity index (χ0v) is 13.8. The van der Waals surface area contributed by atoms with Crippen LogP contribution in [0.2, 0.25) is 0 Å². The van der Waals surface area contributed by atoms with E-state index >= 15 is 0 Å². The van der Waals surface area contributed by atoms with Gasteiger partial charge in [0.15, 0.2) is 0 Å². The Morgan fingerprint density at radius 3 is 1.37 bits per heavy atom. The Kier molecular flexibility index (Phi) is 12.9. The number of hydrogen-bond acceptors (Lipinski definition) is 1. The average molecular weight is 272 g/mol. The summed E-state index contributed by atoms with van der Waals surface area (Å²) in [5.41, 5.74) is 0. The molecule has 0 aromatic carbocycles. The third-order valence-electron chi connectivity index (χ3n) is 4.25. The van der Waals surface area contributed by atoms with E-state index in [1.807, 2.05) is 0 Å². The second-order valence-corrected chi connectivity index (χ2v) is 6.08. The van der Waals surface area contributed by atoms with Gasteiger partial charge in [0, 0.05) is 6.61 Å². The van der Waals surface area contributed by atoms with Gasteiger partial charge in [0.2, 0.25) is 0 Å². The second kappa shape index (κ2) is 12.9. The first kappa shape index (κ1) is 18.9. The first-order chi connectivity index (χ1) is 9.24. The van der Waals surface area contributed by atoms with Crippen LogP contribution in [0.1, 0.15) is 78.6 Å². The van der Waals surface area contributed by atoms with E-state index in [0.29, 0.717) is 6.61 Å². The van der Waals surface area contributed by atoms with Crippen molar-refractivity contribution in [2.75, 3.05) is 32.8 Å². The lowest BCUT2D eigenvalue weighted by Gasteiger charge is -2.39. The number of hydrogen-bond donors (Lipinski definition) is 1. The number of rotatable bonds is 14. The first-order valence-corrected chi connectivity index (χ1v) is 8.70. The van der Waals surface area contributed by atoms with E-state index in [2.05, 4.69) is 20.8 Å². The Bertz CT molecular complexity index is 160. The third-order valence-corrected chi connectivity index (χ3v) is 4.25. The maximum Gasteiger partial charge on any atom is 0.0786 e. The van der Waals surface area contributed by atoms with E-state index in [1.165, 1.54) is 82.0 Å². The average Bonchev–Trinajstić information content (AvgIpc) is 2.44. The van der Waals surface area contributed by atoms with Crippen molar-refractivity contribution in [1.29, 1.82) is 0 Å². The molecule has 0 amide bonds. The van der Waals surface area contributed by atoms with E-state index in [0.717, 1.165) is 6.42 Å². The maximum atomic E-state index is 8.91. The van der Waals surface area contributed by atoms with Gasteiger partial charge < -0.3 is 9.59 Å². The highest BCUT2D eigenvalue weighted by molar-refractivity contribution is 4.50. The van der Waals surface area contributed by atoms with Gasteiger partial charge in [-0.3, -0.25) is 0 Å². The molecule has 0 unspecified atom stereocenters. The normalized spacial score (nSPS) is 12.0. The number of nitrogens with zero attached hydrogens (tertiary/aromatic N) is 1. The molecular weight excluding hydrogens is 234 g/mol. The fourth-order valence-electron chi connectivity index (χ4n) is 2.89. The molecule has 0 radical (unpaired) electrons. The molecule has 0 rings (SSSR count). The van der Waals surface area contributed by atoms with Crippen LogP contribution in [0.3, 0.4) is 0 Å². The van der Waals surface area contributed by atoms with Gasteiger partial charge >= 0.3 is 0 Å². The molecule has 0 fully saturated rings. The largest absolute Gasteiger partial charge is 0.396 e. The fraction of sp³-hybridized carbons (Fsp3) is 1.00. The van der Waals surface area contributed by atoms with E-state index in [1.54, 1.807) is 0 Å². The van der Waals surface area contributed by atoms with Gasteiger partial charge in [-0.2, -0.15) is 0 Å². The molecule has 0 aliphatic carbocycles. The molecule has 0 bridgehead atoms. The van der Waals surface area contributed by atoms with Gasteiger partial charge in [-0.05, 0) is 38.5 Å². The standard InChI is InChI=1S/C17H38NO/c1-4-7-13-18(14-8-5-2,15-9-6-3)16-11-10-12-17-19/h19H,4-17H2,1-3H3/q+1. The maximum absolute atomic E-state index is 8.91. The Morgan fingerprint density at radius 1 is 0.579 bits per heavy atom. The topological polar surface area (TPSA) is 20.2 Å². The predicted molar refractivity (Wildman–Crippen MR) is 85.4 cm³/mol. The highest BCUT2D eigenvalue weighted by atomic mass is 16.2. The number of unbranched alkanes of at least 4 members (excludes halogenated alkanes) is 5. The molecule has 2 nitrogen and oxygen atoms in total. The van der Waals surface area contributed by atoms with Crippen molar-refractivity contribution in [1.82, 2.24) is 0 Å². The van der Waals surface area contributed by atoms with E-state index in [4.69, 9.17) is 5.11 Å². The van der Waals surface area contributed by atoms with Crippen LogP contribution in [0.4, 0.5) is 0 Å². The Morgan fingerprint density at radius 2 is 1.00 bits per heavy atom. The predicted octanol–water partition coefficient (Wildman–Crippen LogP) is 4.37. The minimum atomic E-state index is 0.360. The van der Waals surface area contributed by atoms with Gasteiger partial charge in [0.1, 0.15) is 0 Å². The zero-order valence-electron chi connectivity index (χ0n) is 13.8. The summed E-state index contributed by atoms with van der Waals surface area (Å²) in [6.07, 6.45) is 11.5. The molecule has 1 N–H and O–H groups in total. The van der Waals surface area contributed by atoms with Crippen molar-refractivity contribution in [3.05, 3.63) is 0 Å². The Hall–Kier alpha value is -0.0800. The minimum Gasteiger partial charge on any atom is -0.396 e. The highest BCUT2D eigenvalue weighted by Crippen LogP contribution is 2.17.